The quantitative estimate of drug-likeness (QED) is 0.680. The molecule has 0 N–H and O–H groups in total. The highest BCUT2D eigenvalue weighted by Gasteiger charge is 2.46. The van der Waals surface area contributed by atoms with Crippen molar-refractivity contribution in [1.82, 2.24) is 0 Å². The number of ketones is 2. The minimum Gasteiger partial charge on any atom is -0.296 e. The molecule has 0 fully saturated rings. The summed E-state index contributed by atoms with van der Waals surface area (Å²) in [6.07, 6.45) is -1.06. The van der Waals surface area contributed by atoms with Crippen LogP contribution in [0.3, 0.4) is 0 Å². The normalized spacial score (nSPS) is 16.1. The Morgan fingerprint density at radius 1 is 0.941 bits per heavy atom. The molecule has 0 aromatic rings. The van der Waals surface area contributed by atoms with E-state index in [0.717, 1.165) is 6.92 Å². The minimum atomic E-state index is -3.58. The lowest BCUT2D eigenvalue weighted by Gasteiger charge is -2.24. The van der Waals surface area contributed by atoms with Gasteiger partial charge in [-0.25, -0.2) is 4.39 Å². The first-order valence-corrected chi connectivity index (χ1v) is 5.57. The lowest BCUT2D eigenvalue weighted by atomic mass is 9.86. The second kappa shape index (κ2) is 5.19. The van der Waals surface area contributed by atoms with Crippen LogP contribution in [0.15, 0.2) is 0 Å². The molecule has 0 aliphatic carbocycles. The second-order valence-corrected chi connectivity index (χ2v) is 5.03. The van der Waals surface area contributed by atoms with E-state index in [0.29, 0.717) is 0 Å². The maximum absolute atomic E-state index is 13.8. The first-order valence-electron chi connectivity index (χ1n) is 5.57. The first kappa shape index (κ1) is 16.1. The highest BCUT2D eigenvalue weighted by Crippen LogP contribution is 2.29. The van der Waals surface area contributed by atoms with Gasteiger partial charge in [0.2, 0.25) is 5.78 Å². The SMILES string of the molecule is CC(C)C(C)(F)C(=O)CC(=O)C(F)(F)C(C)C. The van der Waals surface area contributed by atoms with Gasteiger partial charge in [-0.2, -0.15) is 8.78 Å². The van der Waals surface area contributed by atoms with Gasteiger partial charge in [-0.15, -0.1) is 0 Å². The monoisotopic (exact) mass is 252 g/mol. The van der Waals surface area contributed by atoms with Gasteiger partial charge in [0.15, 0.2) is 11.5 Å². The maximum atomic E-state index is 13.8. The van der Waals surface area contributed by atoms with Crippen LogP contribution >= 0.6 is 0 Å². The molecule has 1 unspecified atom stereocenters. The fourth-order valence-corrected chi connectivity index (χ4v) is 1.08. The summed E-state index contributed by atoms with van der Waals surface area (Å²) in [6.45, 7) is 6.30. The number of hydrogen-bond donors (Lipinski definition) is 0. The van der Waals surface area contributed by atoms with Gasteiger partial charge in [0.05, 0.1) is 6.42 Å². The van der Waals surface area contributed by atoms with Gasteiger partial charge >= 0.3 is 5.92 Å². The number of carbonyl (C=O) groups is 2. The number of carbonyl (C=O) groups excluding carboxylic acids is 2. The zero-order valence-corrected chi connectivity index (χ0v) is 10.8. The average molecular weight is 252 g/mol. The molecule has 0 rings (SSSR count). The van der Waals surface area contributed by atoms with Crippen molar-refractivity contribution in [3.8, 4) is 0 Å². The summed E-state index contributed by atoms with van der Waals surface area (Å²) < 4.78 is 40.3. The van der Waals surface area contributed by atoms with E-state index in [1.165, 1.54) is 27.7 Å². The Hall–Kier alpha value is -0.870. The van der Waals surface area contributed by atoms with Gasteiger partial charge in [0, 0.05) is 5.92 Å². The molecule has 5 heteroatoms. The third kappa shape index (κ3) is 3.54. The summed E-state index contributed by atoms with van der Waals surface area (Å²) in [7, 11) is 0. The van der Waals surface area contributed by atoms with Gasteiger partial charge in [-0.3, -0.25) is 9.59 Å². The zero-order chi connectivity index (χ0) is 14.0. The summed E-state index contributed by atoms with van der Waals surface area (Å²) in [5, 5.41) is 0. The van der Waals surface area contributed by atoms with E-state index >= 15 is 0 Å². The molecule has 0 aliphatic heterocycles. The predicted octanol–water partition coefficient (Wildman–Crippen LogP) is 3.19. The molecule has 0 saturated carbocycles. The second-order valence-electron chi connectivity index (χ2n) is 5.03. The van der Waals surface area contributed by atoms with Crippen molar-refractivity contribution in [2.75, 3.05) is 0 Å². The van der Waals surface area contributed by atoms with Crippen molar-refractivity contribution in [3.05, 3.63) is 0 Å². The van der Waals surface area contributed by atoms with Crippen LogP contribution in [0.5, 0.6) is 0 Å². The molecule has 0 radical (unpaired) electrons. The topological polar surface area (TPSA) is 34.1 Å². The van der Waals surface area contributed by atoms with E-state index in [9.17, 15) is 22.8 Å². The van der Waals surface area contributed by atoms with Gasteiger partial charge in [-0.1, -0.05) is 27.7 Å². The van der Waals surface area contributed by atoms with E-state index in [1.54, 1.807) is 0 Å². The highest BCUT2D eigenvalue weighted by molar-refractivity contribution is 6.05. The fraction of sp³-hybridized carbons (Fsp3) is 0.833. The third-order valence-electron chi connectivity index (χ3n) is 3.05. The Morgan fingerprint density at radius 2 is 1.35 bits per heavy atom. The van der Waals surface area contributed by atoms with Crippen LogP contribution in [0.4, 0.5) is 13.2 Å². The van der Waals surface area contributed by atoms with Crippen LogP contribution in [0.1, 0.15) is 41.0 Å². The average Bonchev–Trinajstić information content (AvgIpc) is 2.16. The van der Waals surface area contributed by atoms with Crippen LogP contribution in [-0.2, 0) is 9.59 Å². The molecule has 0 aromatic carbocycles. The molecular formula is C12H19F3O2. The van der Waals surface area contributed by atoms with Gasteiger partial charge < -0.3 is 0 Å². The van der Waals surface area contributed by atoms with Crippen LogP contribution in [0.25, 0.3) is 0 Å². The summed E-state index contributed by atoms with van der Waals surface area (Å²) in [6, 6.07) is 0. The molecule has 0 bridgehead atoms. The maximum Gasteiger partial charge on any atom is 0.307 e. The predicted molar refractivity (Wildman–Crippen MR) is 58.8 cm³/mol. The standard InChI is InChI=1S/C12H19F3O2/c1-7(2)11(5,13)9(16)6-10(17)12(14,15)8(3)4/h7-8H,6H2,1-5H3. The molecule has 17 heavy (non-hydrogen) atoms. The Morgan fingerprint density at radius 3 is 1.65 bits per heavy atom. The molecule has 0 aliphatic rings. The largest absolute Gasteiger partial charge is 0.307 e. The Balaban J connectivity index is 4.78. The van der Waals surface area contributed by atoms with Gasteiger partial charge in [0.1, 0.15) is 0 Å². The van der Waals surface area contributed by atoms with E-state index in [2.05, 4.69) is 0 Å². The summed E-state index contributed by atoms with van der Waals surface area (Å²) in [5.74, 6) is -8.04. The van der Waals surface area contributed by atoms with Gasteiger partial charge in [-0.05, 0) is 12.8 Å². The van der Waals surface area contributed by atoms with Crippen molar-refractivity contribution < 1.29 is 22.8 Å². The van der Waals surface area contributed by atoms with Crippen molar-refractivity contribution in [3.63, 3.8) is 0 Å². The molecule has 0 aromatic heterocycles. The van der Waals surface area contributed by atoms with Gasteiger partial charge in [0.25, 0.3) is 0 Å². The summed E-state index contributed by atoms with van der Waals surface area (Å²) in [4.78, 5) is 22.7. The number of hydrogen-bond acceptors (Lipinski definition) is 2. The van der Waals surface area contributed by atoms with Crippen molar-refractivity contribution in [1.29, 1.82) is 0 Å². The lowest BCUT2D eigenvalue weighted by Crippen LogP contribution is -2.42. The molecule has 0 heterocycles. The van der Waals surface area contributed by atoms with Crippen molar-refractivity contribution in [2.45, 2.75) is 52.6 Å². The Labute approximate surface area is 99.6 Å². The number of alkyl halides is 3. The van der Waals surface area contributed by atoms with E-state index in [-0.39, 0.29) is 0 Å². The minimum absolute atomic E-state index is 0.657. The van der Waals surface area contributed by atoms with E-state index in [4.69, 9.17) is 0 Å². The number of rotatable bonds is 6. The first-order chi connectivity index (χ1) is 7.44. The number of halogens is 3. The van der Waals surface area contributed by atoms with Crippen LogP contribution < -0.4 is 0 Å². The van der Waals surface area contributed by atoms with Crippen molar-refractivity contribution in [2.24, 2.45) is 11.8 Å². The van der Waals surface area contributed by atoms with Crippen LogP contribution in [-0.4, -0.2) is 23.2 Å². The number of Topliss-reactive ketones (excluding diaryl/α,β-unsaturated/α-hetero) is 2. The molecule has 1 atom stereocenters. The fourth-order valence-electron chi connectivity index (χ4n) is 1.08. The zero-order valence-electron chi connectivity index (χ0n) is 10.8. The molecule has 2 nitrogen and oxygen atoms in total. The summed E-state index contributed by atoms with van der Waals surface area (Å²) in [5.41, 5.74) is -2.25. The molecule has 0 saturated heterocycles. The Kier molecular flexibility index (Phi) is 4.92. The van der Waals surface area contributed by atoms with Crippen LogP contribution in [0.2, 0.25) is 0 Å². The van der Waals surface area contributed by atoms with E-state index in [1.807, 2.05) is 0 Å². The molecule has 100 valence electrons. The van der Waals surface area contributed by atoms with E-state index < -0.39 is 41.4 Å². The molecule has 0 spiro atoms. The molecule has 0 amide bonds. The summed E-state index contributed by atoms with van der Waals surface area (Å²) >= 11 is 0. The molecular weight excluding hydrogens is 233 g/mol. The highest BCUT2D eigenvalue weighted by atomic mass is 19.3. The van der Waals surface area contributed by atoms with Crippen LogP contribution in [0, 0.1) is 11.8 Å². The third-order valence-corrected chi connectivity index (χ3v) is 3.05. The Bertz CT molecular complexity index is 277. The van der Waals surface area contributed by atoms with Crippen molar-refractivity contribution >= 4 is 11.6 Å². The lowest BCUT2D eigenvalue weighted by molar-refractivity contribution is -0.153. The smallest absolute Gasteiger partial charge is 0.296 e.